The molecule has 1 aromatic heterocycles. The van der Waals surface area contributed by atoms with E-state index in [1.807, 2.05) is 5.32 Å². The molecule has 2 rings (SSSR count). The van der Waals surface area contributed by atoms with Gasteiger partial charge in [0.15, 0.2) is 11.6 Å². The highest BCUT2D eigenvalue weighted by molar-refractivity contribution is 6.33. The maximum Gasteiger partial charge on any atom is 0.410 e. The number of hydrogen-bond donors (Lipinski definition) is 2. The van der Waals surface area contributed by atoms with Crippen molar-refractivity contribution in [2.24, 2.45) is 0 Å². The van der Waals surface area contributed by atoms with Gasteiger partial charge in [0.25, 0.3) is 5.88 Å². The third-order valence-corrected chi connectivity index (χ3v) is 1.83. The third-order valence-electron chi connectivity index (χ3n) is 1.54. The molecule has 0 atom stereocenters. The molecule has 7 heteroatoms. The Balaban J connectivity index is 2.37. The van der Waals surface area contributed by atoms with Crippen molar-refractivity contribution in [1.82, 2.24) is 4.98 Å². The number of carboxylic acid groups (broad SMARTS) is 1. The molecule has 14 heavy (non-hydrogen) atoms. The Morgan fingerprint density at radius 3 is 3.14 bits per heavy atom. The summed E-state index contributed by atoms with van der Waals surface area (Å²) in [6.07, 6.45) is -1.24. The van der Waals surface area contributed by atoms with Crippen LogP contribution in [0.15, 0.2) is 6.07 Å². The molecule has 0 aromatic carbocycles. The van der Waals surface area contributed by atoms with E-state index in [0.717, 1.165) is 0 Å². The Hall–Kier alpha value is -1.69. The van der Waals surface area contributed by atoms with Crippen molar-refractivity contribution in [2.45, 2.75) is 0 Å². The standard InChI is InChI=1S/C7H5ClN2O4/c8-3-1-4-6(14-2-13-4)9-5(3)10-7(11)12/h1H,2H2,(H,9,10)(H,11,12). The number of pyridine rings is 1. The second-order valence-electron chi connectivity index (χ2n) is 2.46. The maximum absolute atomic E-state index is 10.3. The molecule has 74 valence electrons. The summed E-state index contributed by atoms with van der Waals surface area (Å²) in [5.74, 6) is 0.674. The summed E-state index contributed by atoms with van der Waals surface area (Å²) in [5, 5.41) is 10.7. The number of amides is 1. The molecule has 0 saturated carbocycles. The number of carbonyl (C=O) groups is 1. The summed E-state index contributed by atoms with van der Waals surface area (Å²) in [6, 6.07) is 1.45. The fourth-order valence-electron chi connectivity index (χ4n) is 1.000. The molecule has 0 aliphatic carbocycles. The van der Waals surface area contributed by atoms with Gasteiger partial charge in [-0.1, -0.05) is 11.6 Å². The van der Waals surface area contributed by atoms with E-state index in [0.29, 0.717) is 5.75 Å². The van der Waals surface area contributed by atoms with Crippen molar-refractivity contribution >= 4 is 23.5 Å². The van der Waals surface area contributed by atoms with Gasteiger partial charge >= 0.3 is 6.09 Å². The topological polar surface area (TPSA) is 80.7 Å². The molecule has 0 fully saturated rings. The van der Waals surface area contributed by atoms with Crippen LogP contribution in [0, 0.1) is 0 Å². The van der Waals surface area contributed by atoms with Crippen molar-refractivity contribution in [3.8, 4) is 11.6 Å². The minimum Gasteiger partial charge on any atom is -0.465 e. The van der Waals surface area contributed by atoms with E-state index >= 15 is 0 Å². The lowest BCUT2D eigenvalue weighted by molar-refractivity contribution is 0.171. The zero-order chi connectivity index (χ0) is 10.1. The first-order chi connectivity index (χ1) is 6.66. The van der Waals surface area contributed by atoms with Gasteiger partial charge in [-0.05, 0) is 0 Å². The summed E-state index contributed by atoms with van der Waals surface area (Å²) in [5.41, 5.74) is 0. The first-order valence-electron chi connectivity index (χ1n) is 3.63. The largest absolute Gasteiger partial charge is 0.465 e. The highest BCUT2D eigenvalue weighted by Crippen LogP contribution is 2.35. The first-order valence-corrected chi connectivity index (χ1v) is 4.00. The summed E-state index contributed by atoms with van der Waals surface area (Å²) in [4.78, 5) is 14.2. The molecule has 1 aliphatic rings. The summed E-state index contributed by atoms with van der Waals surface area (Å²) < 4.78 is 9.95. The SMILES string of the molecule is O=C(O)Nc1nc2c(cc1Cl)OCO2. The second-order valence-corrected chi connectivity index (χ2v) is 2.87. The highest BCUT2D eigenvalue weighted by Gasteiger charge is 2.19. The smallest absolute Gasteiger partial charge is 0.410 e. The molecule has 1 amide bonds. The van der Waals surface area contributed by atoms with E-state index in [-0.39, 0.29) is 23.5 Å². The fourth-order valence-corrected chi connectivity index (χ4v) is 1.19. The van der Waals surface area contributed by atoms with Crippen LogP contribution >= 0.6 is 11.6 Å². The van der Waals surface area contributed by atoms with E-state index in [2.05, 4.69) is 4.98 Å². The Bertz CT molecular complexity index is 396. The lowest BCUT2D eigenvalue weighted by atomic mass is 10.4. The highest BCUT2D eigenvalue weighted by atomic mass is 35.5. The Kier molecular flexibility index (Phi) is 2.05. The number of fused-ring (bicyclic) bond motifs is 1. The monoisotopic (exact) mass is 216 g/mol. The Labute approximate surface area is 83.4 Å². The van der Waals surface area contributed by atoms with Gasteiger partial charge in [0.1, 0.15) is 0 Å². The molecule has 1 aromatic rings. The molecule has 2 N–H and O–H groups in total. The van der Waals surface area contributed by atoms with Crippen LogP contribution in [0.3, 0.4) is 0 Å². The molecule has 0 bridgehead atoms. The van der Waals surface area contributed by atoms with Crippen LogP contribution in [-0.4, -0.2) is 23.0 Å². The average Bonchev–Trinajstić information content (AvgIpc) is 2.51. The molecule has 1 aliphatic heterocycles. The van der Waals surface area contributed by atoms with Crippen molar-refractivity contribution in [3.63, 3.8) is 0 Å². The van der Waals surface area contributed by atoms with Crippen molar-refractivity contribution in [1.29, 1.82) is 0 Å². The minimum absolute atomic E-state index is 0.0309. The summed E-state index contributed by atoms with van der Waals surface area (Å²) in [6.45, 7) is 0.0647. The van der Waals surface area contributed by atoms with Crippen molar-refractivity contribution < 1.29 is 19.4 Å². The van der Waals surface area contributed by atoms with Crippen LogP contribution in [0.1, 0.15) is 0 Å². The van der Waals surface area contributed by atoms with E-state index in [4.69, 9.17) is 26.2 Å². The average molecular weight is 217 g/mol. The molecule has 0 saturated heterocycles. The lowest BCUT2D eigenvalue weighted by Gasteiger charge is -2.03. The Morgan fingerprint density at radius 2 is 2.43 bits per heavy atom. The number of nitrogens with one attached hydrogen (secondary N) is 1. The van der Waals surface area contributed by atoms with Gasteiger partial charge in [0, 0.05) is 6.07 Å². The summed E-state index contributed by atoms with van der Waals surface area (Å²) >= 11 is 5.73. The Morgan fingerprint density at radius 1 is 1.64 bits per heavy atom. The predicted molar refractivity (Wildman–Crippen MR) is 47.0 cm³/mol. The first kappa shape index (κ1) is 8.89. The van der Waals surface area contributed by atoms with E-state index in [9.17, 15) is 4.79 Å². The number of aromatic nitrogens is 1. The van der Waals surface area contributed by atoms with Crippen LogP contribution in [-0.2, 0) is 0 Å². The van der Waals surface area contributed by atoms with Crippen LogP contribution < -0.4 is 14.8 Å². The van der Waals surface area contributed by atoms with Crippen molar-refractivity contribution in [2.75, 3.05) is 12.1 Å². The van der Waals surface area contributed by atoms with Crippen LogP contribution in [0.5, 0.6) is 11.6 Å². The maximum atomic E-state index is 10.3. The van der Waals surface area contributed by atoms with Crippen LogP contribution in [0.4, 0.5) is 10.6 Å². The van der Waals surface area contributed by atoms with Gasteiger partial charge in [-0.15, -0.1) is 0 Å². The fraction of sp³-hybridized carbons (Fsp3) is 0.143. The zero-order valence-electron chi connectivity index (χ0n) is 6.78. The number of hydrogen-bond acceptors (Lipinski definition) is 4. The second kappa shape index (κ2) is 3.22. The van der Waals surface area contributed by atoms with E-state index in [1.54, 1.807) is 0 Å². The van der Waals surface area contributed by atoms with Crippen LogP contribution in [0.25, 0.3) is 0 Å². The molecule has 0 unspecified atom stereocenters. The molecular weight excluding hydrogens is 212 g/mol. The number of ether oxygens (including phenoxy) is 2. The number of rotatable bonds is 1. The molecule has 0 radical (unpaired) electrons. The lowest BCUT2D eigenvalue weighted by Crippen LogP contribution is -2.09. The molecular formula is C7H5ClN2O4. The van der Waals surface area contributed by atoms with Gasteiger partial charge in [-0.25, -0.2) is 4.79 Å². The van der Waals surface area contributed by atoms with Gasteiger partial charge in [0.2, 0.25) is 6.79 Å². The number of anilines is 1. The predicted octanol–water partition coefficient (Wildman–Crippen LogP) is 1.55. The molecule has 6 nitrogen and oxygen atoms in total. The van der Waals surface area contributed by atoms with Crippen molar-refractivity contribution in [3.05, 3.63) is 11.1 Å². The summed E-state index contributed by atoms with van der Waals surface area (Å²) in [7, 11) is 0. The minimum atomic E-state index is -1.24. The van der Waals surface area contributed by atoms with Gasteiger partial charge in [-0.2, -0.15) is 4.98 Å². The third kappa shape index (κ3) is 1.51. The van der Waals surface area contributed by atoms with Gasteiger partial charge in [-0.3, -0.25) is 5.32 Å². The van der Waals surface area contributed by atoms with Crippen LogP contribution in [0.2, 0.25) is 5.02 Å². The normalized spacial score (nSPS) is 12.6. The molecule has 0 spiro atoms. The van der Waals surface area contributed by atoms with E-state index < -0.39 is 6.09 Å². The molecule has 2 heterocycles. The zero-order valence-corrected chi connectivity index (χ0v) is 7.54. The van der Waals surface area contributed by atoms with Gasteiger partial charge in [0.05, 0.1) is 5.02 Å². The number of halogens is 1. The van der Waals surface area contributed by atoms with Gasteiger partial charge < -0.3 is 14.6 Å². The van der Waals surface area contributed by atoms with E-state index in [1.165, 1.54) is 6.07 Å². The quantitative estimate of drug-likeness (QED) is 0.745. The number of nitrogens with zero attached hydrogens (tertiary/aromatic N) is 1.